The number of hydrogen-bond donors (Lipinski definition) is 1. The lowest BCUT2D eigenvalue weighted by Gasteiger charge is -2.15. The minimum Gasteiger partial charge on any atom is -0.355 e. The van der Waals surface area contributed by atoms with Crippen molar-refractivity contribution in [1.82, 2.24) is 10.2 Å². The van der Waals surface area contributed by atoms with E-state index >= 15 is 0 Å². The van der Waals surface area contributed by atoms with E-state index in [1.165, 1.54) is 10.4 Å². The van der Waals surface area contributed by atoms with Crippen LogP contribution in [-0.4, -0.2) is 30.9 Å². The summed E-state index contributed by atoms with van der Waals surface area (Å²) in [6.45, 7) is 1.96. The predicted molar refractivity (Wildman–Crippen MR) is 96.1 cm³/mol. The Hall–Kier alpha value is -1.17. The van der Waals surface area contributed by atoms with Crippen LogP contribution < -0.4 is 5.32 Å². The monoisotopic (exact) mass is 380 g/mol. The third-order valence-corrected chi connectivity index (χ3v) is 4.95. The molecular weight excluding hydrogens is 360 g/mol. The molecule has 1 aromatic carbocycles. The van der Waals surface area contributed by atoms with Crippen molar-refractivity contribution in [2.24, 2.45) is 0 Å². The molecule has 0 unspecified atom stereocenters. The van der Waals surface area contributed by atoms with Crippen molar-refractivity contribution in [3.63, 3.8) is 0 Å². The summed E-state index contributed by atoms with van der Waals surface area (Å²) in [5.41, 5.74) is 1.32. The van der Waals surface area contributed by atoms with Crippen molar-refractivity contribution >= 4 is 33.2 Å². The summed E-state index contributed by atoms with van der Waals surface area (Å²) in [7, 11) is 1.97. The van der Waals surface area contributed by atoms with Crippen molar-refractivity contribution in [1.29, 1.82) is 0 Å². The molecular formula is C17H21BrN2OS. The van der Waals surface area contributed by atoms with Gasteiger partial charge in [0.25, 0.3) is 0 Å². The number of aryl methyl sites for hydroxylation is 1. The quantitative estimate of drug-likeness (QED) is 0.708. The third kappa shape index (κ3) is 6.30. The van der Waals surface area contributed by atoms with Gasteiger partial charge in [-0.05, 0) is 47.4 Å². The standard InChI is InChI=1S/C17H21BrN2OS/c1-20(11-16-10-15(18)13-22-16)12-17(21)19-9-5-8-14-6-3-2-4-7-14/h2-4,6-7,10,13H,5,8-9,11-12H2,1H3,(H,19,21). The smallest absolute Gasteiger partial charge is 0.234 e. The number of likely N-dealkylation sites (N-methyl/N-ethyl adjacent to an activating group) is 1. The van der Waals surface area contributed by atoms with Crippen LogP contribution in [0.25, 0.3) is 0 Å². The number of benzene rings is 1. The first kappa shape index (κ1) is 17.2. The first-order valence-electron chi connectivity index (χ1n) is 7.35. The van der Waals surface area contributed by atoms with Crippen molar-refractivity contribution < 1.29 is 4.79 Å². The number of hydrogen-bond acceptors (Lipinski definition) is 3. The highest BCUT2D eigenvalue weighted by molar-refractivity contribution is 9.10. The molecule has 2 aromatic rings. The Bertz CT molecular complexity index is 585. The van der Waals surface area contributed by atoms with E-state index in [2.05, 4.69) is 44.8 Å². The van der Waals surface area contributed by atoms with Crippen molar-refractivity contribution in [3.8, 4) is 0 Å². The average molecular weight is 381 g/mol. The van der Waals surface area contributed by atoms with E-state index < -0.39 is 0 Å². The minimum absolute atomic E-state index is 0.0891. The van der Waals surface area contributed by atoms with Crippen molar-refractivity contribution in [3.05, 3.63) is 56.7 Å². The normalized spacial score (nSPS) is 10.9. The van der Waals surface area contributed by atoms with Crippen LogP contribution in [0, 0.1) is 0 Å². The van der Waals surface area contributed by atoms with E-state index in [1.54, 1.807) is 11.3 Å². The first-order valence-corrected chi connectivity index (χ1v) is 9.03. The molecule has 0 saturated heterocycles. The van der Waals surface area contributed by atoms with Gasteiger partial charge in [0.15, 0.2) is 0 Å². The number of rotatable bonds is 8. The van der Waals surface area contributed by atoms with E-state index in [0.29, 0.717) is 6.54 Å². The third-order valence-electron chi connectivity index (χ3n) is 3.27. The lowest BCUT2D eigenvalue weighted by Crippen LogP contribution is -2.35. The van der Waals surface area contributed by atoms with E-state index in [4.69, 9.17) is 0 Å². The van der Waals surface area contributed by atoms with Crippen molar-refractivity contribution in [2.75, 3.05) is 20.1 Å². The summed E-state index contributed by atoms with van der Waals surface area (Å²) >= 11 is 5.15. The number of carbonyl (C=O) groups is 1. The zero-order valence-electron chi connectivity index (χ0n) is 12.7. The fraction of sp³-hybridized carbons (Fsp3) is 0.353. The molecule has 0 atom stereocenters. The average Bonchev–Trinajstić information content (AvgIpc) is 2.89. The molecule has 118 valence electrons. The molecule has 1 N–H and O–H groups in total. The van der Waals surface area contributed by atoms with Gasteiger partial charge in [0, 0.05) is 27.8 Å². The van der Waals surface area contributed by atoms with Crippen molar-refractivity contribution in [2.45, 2.75) is 19.4 Å². The Morgan fingerprint density at radius 1 is 1.32 bits per heavy atom. The number of amides is 1. The molecule has 0 bridgehead atoms. The van der Waals surface area contributed by atoms with Crippen LogP contribution in [-0.2, 0) is 17.8 Å². The summed E-state index contributed by atoms with van der Waals surface area (Å²) in [5, 5.41) is 5.05. The highest BCUT2D eigenvalue weighted by Crippen LogP contribution is 2.20. The number of carbonyl (C=O) groups excluding carboxylic acids is 1. The van der Waals surface area contributed by atoms with E-state index in [0.717, 1.165) is 30.4 Å². The van der Waals surface area contributed by atoms with Crippen LogP contribution in [0.5, 0.6) is 0 Å². The van der Waals surface area contributed by atoms with Gasteiger partial charge in [-0.3, -0.25) is 9.69 Å². The molecule has 0 aliphatic heterocycles. The predicted octanol–water partition coefficient (Wildman–Crippen LogP) is 3.69. The van der Waals surface area contributed by atoms with Gasteiger partial charge in [-0.15, -0.1) is 11.3 Å². The molecule has 3 nitrogen and oxygen atoms in total. The first-order chi connectivity index (χ1) is 10.6. The van der Waals surface area contributed by atoms with Gasteiger partial charge < -0.3 is 5.32 Å². The Morgan fingerprint density at radius 3 is 2.77 bits per heavy atom. The van der Waals surface area contributed by atoms with Crippen LogP contribution >= 0.6 is 27.3 Å². The summed E-state index contributed by atoms with van der Waals surface area (Å²) in [6.07, 6.45) is 1.97. The van der Waals surface area contributed by atoms with E-state index in [-0.39, 0.29) is 5.91 Å². The van der Waals surface area contributed by atoms with Crippen LogP contribution in [0.2, 0.25) is 0 Å². The second kappa shape index (κ2) is 9.08. The molecule has 1 heterocycles. The Balaban J connectivity index is 1.61. The highest BCUT2D eigenvalue weighted by atomic mass is 79.9. The Kier molecular flexibility index (Phi) is 7.09. The van der Waals surface area contributed by atoms with Gasteiger partial charge in [0.2, 0.25) is 5.91 Å². The molecule has 0 spiro atoms. The lowest BCUT2D eigenvalue weighted by atomic mass is 10.1. The Morgan fingerprint density at radius 2 is 2.09 bits per heavy atom. The topological polar surface area (TPSA) is 32.3 Å². The molecule has 22 heavy (non-hydrogen) atoms. The van der Waals surface area contributed by atoms with Gasteiger partial charge in [-0.25, -0.2) is 0 Å². The van der Waals surface area contributed by atoms with Crippen LogP contribution in [0.3, 0.4) is 0 Å². The number of halogens is 1. The van der Waals surface area contributed by atoms with Gasteiger partial charge in [-0.1, -0.05) is 30.3 Å². The maximum absolute atomic E-state index is 11.9. The van der Waals surface area contributed by atoms with Gasteiger partial charge in [0.1, 0.15) is 0 Å². The van der Waals surface area contributed by atoms with Gasteiger partial charge in [-0.2, -0.15) is 0 Å². The van der Waals surface area contributed by atoms with Gasteiger partial charge in [0.05, 0.1) is 6.54 Å². The molecule has 0 aliphatic rings. The zero-order valence-corrected chi connectivity index (χ0v) is 15.1. The summed E-state index contributed by atoms with van der Waals surface area (Å²) < 4.78 is 1.10. The molecule has 0 saturated carbocycles. The lowest BCUT2D eigenvalue weighted by molar-refractivity contribution is -0.122. The van der Waals surface area contributed by atoms with Crippen LogP contribution in [0.15, 0.2) is 46.3 Å². The number of thiophene rings is 1. The van der Waals surface area contributed by atoms with Gasteiger partial charge >= 0.3 is 0 Å². The molecule has 0 radical (unpaired) electrons. The summed E-state index contributed by atoms with van der Waals surface area (Å²) in [4.78, 5) is 15.2. The fourth-order valence-corrected chi connectivity index (χ4v) is 3.75. The maximum Gasteiger partial charge on any atom is 0.234 e. The molecule has 5 heteroatoms. The molecule has 0 aliphatic carbocycles. The van der Waals surface area contributed by atoms with E-state index in [9.17, 15) is 4.79 Å². The number of nitrogens with zero attached hydrogens (tertiary/aromatic N) is 1. The Labute approximate surface area is 144 Å². The second-order valence-corrected chi connectivity index (χ2v) is 7.25. The highest BCUT2D eigenvalue weighted by Gasteiger charge is 2.08. The number of nitrogens with one attached hydrogen (secondary N) is 1. The van der Waals surface area contributed by atoms with Crippen LogP contribution in [0.4, 0.5) is 0 Å². The fourth-order valence-electron chi connectivity index (χ4n) is 2.22. The summed E-state index contributed by atoms with van der Waals surface area (Å²) in [6, 6.07) is 12.5. The molecule has 0 fully saturated rings. The molecule has 1 aromatic heterocycles. The van der Waals surface area contributed by atoms with E-state index in [1.807, 2.05) is 30.1 Å². The zero-order chi connectivity index (χ0) is 15.8. The molecule has 1 amide bonds. The summed E-state index contributed by atoms with van der Waals surface area (Å²) in [5.74, 6) is 0.0891. The molecule has 2 rings (SSSR count). The van der Waals surface area contributed by atoms with Crippen LogP contribution in [0.1, 0.15) is 16.9 Å². The minimum atomic E-state index is 0.0891. The largest absolute Gasteiger partial charge is 0.355 e. The SMILES string of the molecule is CN(CC(=O)NCCCc1ccccc1)Cc1cc(Br)cs1. The maximum atomic E-state index is 11.9. The second-order valence-electron chi connectivity index (χ2n) is 5.34.